The van der Waals surface area contributed by atoms with Gasteiger partial charge in [0.15, 0.2) is 11.4 Å². The summed E-state index contributed by atoms with van der Waals surface area (Å²) in [7, 11) is 0. The number of carbonyl (C=O) groups excluding carboxylic acids is 2. The first kappa shape index (κ1) is 16.7. The molecule has 24 heavy (non-hydrogen) atoms. The Kier molecular flexibility index (Phi) is 4.42. The van der Waals surface area contributed by atoms with Crippen LogP contribution in [0.4, 0.5) is 4.79 Å². The number of imide groups is 1. The summed E-state index contributed by atoms with van der Waals surface area (Å²) in [6.45, 7) is 4.45. The van der Waals surface area contributed by atoms with Gasteiger partial charge in [0.25, 0.3) is 5.91 Å². The fourth-order valence-corrected chi connectivity index (χ4v) is 3.42. The lowest BCUT2D eigenvalue weighted by atomic mass is 10.0. The second-order valence-electron chi connectivity index (χ2n) is 6.15. The average Bonchev–Trinajstić information content (AvgIpc) is 2.97. The van der Waals surface area contributed by atoms with Gasteiger partial charge in [0.05, 0.1) is 6.54 Å². The summed E-state index contributed by atoms with van der Waals surface area (Å²) in [5.41, 5.74) is -1.15. The van der Waals surface area contributed by atoms with E-state index in [9.17, 15) is 14.7 Å². The van der Waals surface area contributed by atoms with E-state index in [0.717, 1.165) is 5.39 Å². The topological polar surface area (TPSA) is 95.4 Å². The zero-order valence-corrected chi connectivity index (χ0v) is 14.3. The fraction of sp³-hybridized carbons (Fsp3) is 0.375. The molecule has 0 radical (unpaired) electrons. The van der Waals surface area contributed by atoms with Gasteiger partial charge in [-0.05, 0) is 6.07 Å². The molecule has 1 aromatic heterocycles. The molecular weight excluding hydrogens is 328 g/mol. The second kappa shape index (κ2) is 6.37. The maximum Gasteiger partial charge on any atom is 0.322 e. The first-order valence-corrected chi connectivity index (χ1v) is 8.58. The Morgan fingerprint density at radius 2 is 2.08 bits per heavy atom. The van der Waals surface area contributed by atoms with Crippen LogP contribution in [-0.4, -0.2) is 38.9 Å². The van der Waals surface area contributed by atoms with E-state index in [2.05, 4.69) is 15.4 Å². The first-order chi connectivity index (χ1) is 11.4. The summed E-state index contributed by atoms with van der Waals surface area (Å²) >= 11 is 1.49. The number of benzene rings is 1. The van der Waals surface area contributed by atoms with E-state index >= 15 is 0 Å². The number of hydrogen-bond acceptors (Lipinski definition) is 5. The molecule has 0 saturated carbocycles. The highest BCUT2D eigenvalue weighted by atomic mass is 32.2. The Hall–Kier alpha value is -2.19. The minimum atomic E-state index is -1.15. The molecule has 0 bridgehead atoms. The summed E-state index contributed by atoms with van der Waals surface area (Å²) < 4.78 is 4.73. The highest BCUT2D eigenvalue weighted by Crippen LogP contribution is 2.29. The molecule has 1 unspecified atom stereocenters. The summed E-state index contributed by atoms with van der Waals surface area (Å²) in [5.74, 6) is -0.322. The monoisotopic (exact) mass is 348 g/mol. The smallest absolute Gasteiger partial charge is 0.322 e. The number of urea groups is 1. The van der Waals surface area contributed by atoms with Crippen LogP contribution in [0.25, 0.3) is 10.8 Å². The number of aromatic nitrogens is 1. The van der Waals surface area contributed by atoms with Gasteiger partial charge >= 0.3 is 6.03 Å². The Balaban J connectivity index is 1.89. The van der Waals surface area contributed by atoms with Crippen LogP contribution in [-0.2, 0) is 11.3 Å². The highest BCUT2D eigenvalue weighted by Gasteiger charge is 2.46. The van der Waals surface area contributed by atoms with Crippen molar-refractivity contribution >= 4 is 34.7 Å². The van der Waals surface area contributed by atoms with E-state index < -0.39 is 17.5 Å². The molecule has 1 aromatic carbocycles. The van der Waals surface area contributed by atoms with Crippen molar-refractivity contribution in [3.8, 4) is 5.88 Å². The first-order valence-electron chi connectivity index (χ1n) is 7.70. The Morgan fingerprint density at radius 3 is 2.71 bits per heavy atom. The quantitative estimate of drug-likeness (QED) is 0.469. The molecular formula is C16H20N4O3S. The average molecular weight is 348 g/mol. The molecule has 2 aromatic rings. The lowest BCUT2D eigenvalue weighted by Gasteiger charge is -2.27. The Bertz CT molecular complexity index is 789. The van der Waals surface area contributed by atoms with Gasteiger partial charge in [-0.25, -0.2) is 4.79 Å². The van der Waals surface area contributed by atoms with Crippen LogP contribution in [0, 0.1) is 0 Å². The lowest BCUT2D eigenvalue weighted by Crippen LogP contribution is -2.56. The second-order valence-corrected chi connectivity index (χ2v) is 7.61. The Labute approximate surface area is 143 Å². The molecule has 3 amide bonds. The van der Waals surface area contributed by atoms with Crippen LogP contribution in [0.15, 0.2) is 30.5 Å². The molecule has 3 rings (SSSR count). The summed E-state index contributed by atoms with van der Waals surface area (Å²) in [4.78, 5) is 24.0. The summed E-state index contributed by atoms with van der Waals surface area (Å²) in [5, 5.41) is 17.3. The van der Waals surface area contributed by atoms with Crippen LogP contribution in [0.2, 0.25) is 0 Å². The van der Waals surface area contributed by atoms with Crippen LogP contribution in [0.3, 0.4) is 0 Å². The molecule has 0 aliphatic carbocycles. The number of fused-ring (bicyclic) bond motifs is 1. The zero-order valence-electron chi connectivity index (χ0n) is 13.5. The van der Waals surface area contributed by atoms with Gasteiger partial charge in [-0.15, -0.1) is 0 Å². The van der Waals surface area contributed by atoms with E-state index in [1.54, 1.807) is 10.8 Å². The van der Waals surface area contributed by atoms with Crippen molar-refractivity contribution in [2.75, 3.05) is 6.54 Å². The maximum absolute atomic E-state index is 12.4. The normalized spacial score (nSPS) is 20.6. The number of nitrogens with zero attached hydrogens (tertiary/aromatic N) is 1. The van der Waals surface area contributed by atoms with E-state index in [4.69, 9.17) is 0 Å². The van der Waals surface area contributed by atoms with Crippen molar-refractivity contribution < 1.29 is 14.7 Å². The molecule has 8 heteroatoms. The van der Waals surface area contributed by atoms with Crippen molar-refractivity contribution in [1.82, 2.24) is 19.9 Å². The van der Waals surface area contributed by atoms with Gasteiger partial charge < -0.3 is 15.0 Å². The van der Waals surface area contributed by atoms with Gasteiger partial charge in [-0.2, -0.15) is 0 Å². The van der Waals surface area contributed by atoms with E-state index in [1.807, 2.05) is 38.1 Å². The van der Waals surface area contributed by atoms with Crippen LogP contribution >= 0.6 is 11.9 Å². The van der Waals surface area contributed by atoms with Crippen molar-refractivity contribution in [2.45, 2.75) is 31.2 Å². The number of hydrogen-bond donors (Lipinski definition) is 4. The molecule has 128 valence electrons. The molecule has 1 aliphatic heterocycles. The van der Waals surface area contributed by atoms with Gasteiger partial charge in [0.1, 0.15) is 0 Å². The maximum atomic E-state index is 12.4. The van der Waals surface area contributed by atoms with E-state index in [0.29, 0.717) is 10.6 Å². The predicted molar refractivity (Wildman–Crippen MR) is 93.7 cm³/mol. The highest BCUT2D eigenvalue weighted by molar-refractivity contribution is 7.97. The summed E-state index contributed by atoms with van der Waals surface area (Å²) in [6.07, 6.45) is 1.78. The fourth-order valence-electron chi connectivity index (χ4n) is 2.76. The number of nitrogens with one attached hydrogen (secondary N) is 3. The molecule has 2 heterocycles. The predicted octanol–water partition coefficient (Wildman–Crippen LogP) is 1.57. The molecule has 1 saturated heterocycles. The van der Waals surface area contributed by atoms with Gasteiger partial charge in [0.2, 0.25) is 0 Å². The van der Waals surface area contributed by atoms with Crippen molar-refractivity contribution in [3.05, 3.63) is 30.5 Å². The van der Waals surface area contributed by atoms with Crippen LogP contribution in [0.5, 0.6) is 5.88 Å². The standard InChI is InChI=1S/C16H20N4O3S/c1-10(2)24-17-8-16(14(22)18-15(23)19-16)9-20-7-11-5-3-4-6-12(11)13(20)21/h3-7,10,17,21H,8-9H2,1-2H3,(H2,18,19,22,23). The molecule has 4 N–H and O–H groups in total. The molecule has 1 fully saturated rings. The Morgan fingerprint density at radius 1 is 1.33 bits per heavy atom. The van der Waals surface area contributed by atoms with Crippen molar-refractivity contribution in [3.63, 3.8) is 0 Å². The van der Waals surface area contributed by atoms with Gasteiger partial charge in [-0.1, -0.05) is 44.0 Å². The third-order valence-electron chi connectivity index (χ3n) is 3.92. The van der Waals surface area contributed by atoms with Gasteiger partial charge in [-0.3, -0.25) is 14.8 Å². The minimum Gasteiger partial charge on any atom is -0.494 e. The third-order valence-corrected chi connectivity index (χ3v) is 4.70. The number of carbonyl (C=O) groups is 2. The van der Waals surface area contributed by atoms with Crippen molar-refractivity contribution in [1.29, 1.82) is 0 Å². The number of amides is 3. The van der Waals surface area contributed by atoms with Crippen molar-refractivity contribution in [2.24, 2.45) is 0 Å². The SMILES string of the molecule is CC(C)SNCC1(Cn2cc3ccccc3c2O)NC(=O)NC1=O. The van der Waals surface area contributed by atoms with Crippen LogP contribution < -0.4 is 15.4 Å². The third kappa shape index (κ3) is 3.07. The summed E-state index contributed by atoms with van der Waals surface area (Å²) in [6, 6.07) is 6.90. The van der Waals surface area contributed by atoms with Gasteiger partial charge in [0, 0.05) is 28.8 Å². The zero-order chi connectivity index (χ0) is 17.3. The van der Waals surface area contributed by atoms with E-state index in [1.165, 1.54) is 11.9 Å². The lowest BCUT2D eigenvalue weighted by molar-refractivity contribution is -0.124. The largest absolute Gasteiger partial charge is 0.494 e. The number of aromatic hydroxyl groups is 1. The molecule has 1 atom stereocenters. The van der Waals surface area contributed by atoms with E-state index in [-0.39, 0.29) is 19.0 Å². The minimum absolute atomic E-state index is 0.0791. The molecule has 0 spiro atoms. The number of rotatable bonds is 6. The molecule has 1 aliphatic rings. The van der Waals surface area contributed by atoms with Crippen LogP contribution in [0.1, 0.15) is 13.8 Å². The molecule has 7 nitrogen and oxygen atoms in total.